The Morgan fingerprint density at radius 3 is 2.62 bits per heavy atom. The first-order chi connectivity index (χ1) is 15.7. The van der Waals surface area contributed by atoms with Crippen LogP contribution in [0.1, 0.15) is 21.5 Å². The summed E-state index contributed by atoms with van der Waals surface area (Å²) in [5.74, 6) is -0.171. The molecule has 156 valence electrons. The lowest BCUT2D eigenvalue weighted by Crippen LogP contribution is -2.13. The summed E-state index contributed by atoms with van der Waals surface area (Å²) in [6.45, 7) is 2.63. The number of amides is 1. The molecule has 1 N–H and O–H groups in total. The summed E-state index contributed by atoms with van der Waals surface area (Å²) in [6.07, 6.45) is 3.17. The minimum absolute atomic E-state index is 0.171. The van der Waals surface area contributed by atoms with Gasteiger partial charge in [-0.15, -0.1) is 0 Å². The minimum Gasteiger partial charge on any atom is -0.322 e. The predicted molar refractivity (Wildman–Crippen MR) is 125 cm³/mol. The van der Waals surface area contributed by atoms with Crippen molar-refractivity contribution in [3.63, 3.8) is 0 Å². The fraction of sp³-hybridized carbons (Fsp3) is 0.0769. The molecule has 0 spiro atoms. The van der Waals surface area contributed by atoms with Crippen LogP contribution in [0.25, 0.3) is 22.2 Å². The van der Waals surface area contributed by atoms with Crippen LogP contribution in [-0.4, -0.2) is 25.7 Å². The van der Waals surface area contributed by atoms with E-state index in [1.165, 1.54) is 11.9 Å². The molecule has 6 nitrogen and oxygen atoms in total. The van der Waals surface area contributed by atoms with E-state index in [9.17, 15) is 4.79 Å². The van der Waals surface area contributed by atoms with Crippen LogP contribution in [0.3, 0.4) is 0 Å². The first-order valence-electron chi connectivity index (χ1n) is 10.4. The standard InChI is InChI=1S/C26H21N5O/c1-18-9-11-20(12-10-18)25-14-23(22-7-2-3-8-24(22)30-25)26(32)29-21-6-4-5-19(13-21)15-31-17-27-16-28-31/h2-14,16-17H,15H2,1H3,(H,29,32). The molecule has 0 fully saturated rings. The Hall–Kier alpha value is -4.32. The van der Waals surface area contributed by atoms with E-state index in [2.05, 4.69) is 15.4 Å². The van der Waals surface area contributed by atoms with Gasteiger partial charge >= 0.3 is 0 Å². The lowest BCUT2D eigenvalue weighted by Gasteiger charge is -2.12. The van der Waals surface area contributed by atoms with Crippen LogP contribution < -0.4 is 5.32 Å². The van der Waals surface area contributed by atoms with Crippen LogP contribution in [0.5, 0.6) is 0 Å². The highest BCUT2D eigenvalue weighted by Crippen LogP contribution is 2.26. The van der Waals surface area contributed by atoms with E-state index in [1.807, 2.05) is 85.8 Å². The Labute approximate surface area is 185 Å². The lowest BCUT2D eigenvalue weighted by atomic mass is 10.0. The molecule has 0 bridgehead atoms. The average molecular weight is 419 g/mol. The number of nitrogens with zero attached hydrogens (tertiary/aromatic N) is 4. The van der Waals surface area contributed by atoms with Crippen LogP contribution in [0.4, 0.5) is 5.69 Å². The quantitative estimate of drug-likeness (QED) is 0.430. The second-order valence-corrected chi connectivity index (χ2v) is 7.69. The molecule has 2 aromatic heterocycles. The van der Waals surface area contributed by atoms with Gasteiger partial charge < -0.3 is 5.32 Å². The Morgan fingerprint density at radius 1 is 0.969 bits per heavy atom. The zero-order valence-corrected chi connectivity index (χ0v) is 17.6. The van der Waals surface area contributed by atoms with Crippen molar-refractivity contribution in [1.29, 1.82) is 0 Å². The second kappa shape index (κ2) is 8.43. The fourth-order valence-electron chi connectivity index (χ4n) is 3.68. The maximum atomic E-state index is 13.3. The zero-order chi connectivity index (χ0) is 21.9. The number of fused-ring (bicyclic) bond motifs is 1. The SMILES string of the molecule is Cc1ccc(-c2cc(C(=O)Nc3cccc(Cn4cncn4)c3)c3ccccc3n2)cc1. The first kappa shape index (κ1) is 19.6. The van der Waals surface area contributed by atoms with E-state index in [-0.39, 0.29) is 5.91 Å². The number of benzene rings is 3. The van der Waals surface area contributed by atoms with E-state index >= 15 is 0 Å². The normalized spacial score (nSPS) is 10.9. The number of carbonyl (C=O) groups excluding carboxylic acids is 1. The summed E-state index contributed by atoms with van der Waals surface area (Å²) < 4.78 is 1.74. The Bertz CT molecular complexity index is 1390. The van der Waals surface area contributed by atoms with E-state index in [0.29, 0.717) is 12.1 Å². The Balaban J connectivity index is 1.48. The molecular formula is C26H21N5O. The molecule has 0 saturated heterocycles. The predicted octanol–water partition coefficient (Wildman–Crippen LogP) is 5.10. The third-order valence-electron chi connectivity index (χ3n) is 5.30. The van der Waals surface area contributed by atoms with Gasteiger partial charge in [0.25, 0.3) is 5.91 Å². The summed E-state index contributed by atoms with van der Waals surface area (Å²) >= 11 is 0. The van der Waals surface area contributed by atoms with Gasteiger partial charge in [-0.05, 0) is 36.8 Å². The van der Waals surface area contributed by atoms with Gasteiger partial charge in [0.15, 0.2) is 0 Å². The molecular weight excluding hydrogens is 398 g/mol. The zero-order valence-electron chi connectivity index (χ0n) is 17.6. The van der Waals surface area contributed by atoms with Gasteiger partial charge in [-0.25, -0.2) is 14.6 Å². The van der Waals surface area contributed by atoms with Crippen LogP contribution in [0.2, 0.25) is 0 Å². The summed E-state index contributed by atoms with van der Waals surface area (Å²) in [5, 5.41) is 8.00. The summed E-state index contributed by atoms with van der Waals surface area (Å²) in [6, 6.07) is 25.5. The number of aromatic nitrogens is 4. The largest absolute Gasteiger partial charge is 0.322 e. The number of rotatable bonds is 5. The number of hydrogen-bond donors (Lipinski definition) is 1. The third kappa shape index (κ3) is 4.11. The van der Waals surface area contributed by atoms with E-state index in [1.54, 1.807) is 11.0 Å². The van der Waals surface area contributed by atoms with Crippen molar-refractivity contribution >= 4 is 22.5 Å². The van der Waals surface area contributed by atoms with Crippen molar-refractivity contribution in [3.8, 4) is 11.3 Å². The minimum atomic E-state index is -0.171. The van der Waals surface area contributed by atoms with Gasteiger partial charge in [-0.3, -0.25) is 4.79 Å². The van der Waals surface area contributed by atoms with E-state index in [0.717, 1.165) is 33.4 Å². The highest BCUT2D eigenvalue weighted by molar-refractivity contribution is 6.13. The van der Waals surface area contributed by atoms with Crippen LogP contribution >= 0.6 is 0 Å². The molecule has 0 aliphatic heterocycles. The van der Waals surface area contributed by atoms with Gasteiger partial charge in [0.1, 0.15) is 12.7 Å². The van der Waals surface area contributed by atoms with Gasteiger partial charge in [0.2, 0.25) is 0 Å². The van der Waals surface area contributed by atoms with Crippen molar-refractivity contribution in [2.24, 2.45) is 0 Å². The molecule has 0 radical (unpaired) electrons. The smallest absolute Gasteiger partial charge is 0.256 e. The summed E-state index contributed by atoms with van der Waals surface area (Å²) in [5.41, 5.74) is 6.06. The third-order valence-corrected chi connectivity index (χ3v) is 5.30. The highest BCUT2D eigenvalue weighted by Gasteiger charge is 2.14. The van der Waals surface area contributed by atoms with Gasteiger partial charge in [-0.2, -0.15) is 5.10 Å². The molecule has 1 amide bonds. The molecule has 3 aromatic carbocycles. The number of aryl methyl sites for hydroxylation is 1. The molecule has 0 aliphatic rings. The van der Waals surface area contributed by atoms with E-state index < -0.39 is 0 Å². The van der Waals surface area contributed by atoms with E-state index in [4.69, 9.17) is 4.98 Å². The molecule has 2 heterocycles. The van der Waals surface area contributed by atoms with Gasteiger partial charge in [0, 0.05) is 16.6 Å². The number of hydrogen-bond acceptors (Lipinski definition) is 4. The fourth-order valence-corrected chi connectivity index (χ4v) is 3.68. The second-order valence-electron chi connectivity index (χ2n) is 7.69. The molecule has 0 unspecified atom stereocenters. The molecule has 0 aliphatic carbocycles. The number of para-hydroxylation sites is 1. The highest BCUT2D eigenvalue weighted by atomic mass is 16.1. The van der Waals surface area contributed by atoms with Crippen molar-refractivity contribution in [2.75, 3.05) is 5.32 Å². The van der Waals surface area contributed by atoms with Crippen molar-refractivity contribution < 1.29 is 4.79 Å². The molecule has 5 rings (SSSR count). The number of pyridine rings is 1. The summed E-state index contributed by atoms with van der Waals surface area (Å²) in [7, 11) is 0. The maximum Gasteiger partial charge on any atom is 0.256 e. The Kier molecular flexibility index (Phi) is 5.17. The van der Waals surface area contributed by atoms with Crippen LogP contribution in [-0.2, 0) is 6.54 Å². The number of carbonyl (C=O) groups is 1. The molecule has 6 heteroatoms. The van der Waals surface area contributed by atoms with Crippen LogP contribution in [0, 0.1) is 6.92 Å². The maximum absolute atomic E-state index is 13.3. The first-order valence-corrected chi connectivity index (χ1v) is 10.4. The van der Waals surface area contributed by atoms with Gasteiger partial charge in [0.05, 0.1) is 23.3 Å². The van der Waals surface area contributed by atoms with Crippen molar-refractivity contribution in [1.82, 2.24) is 19.7 Å². The number of nitrogens with one attached hydrogen (secondary N) is 1. The Morgan fingerprint density at radius 2 is 1.81 bits per heavy atom. The molecule has 0 atom stereocenters. The topological polar surface area (TPSA) is 72.7 Å². The van der Waals surface area contributed by atoms with Crippen LogP contribution in [0.15, 0.2) is 91.5 Å². The van der Waals surface area contributed by atoms with Crippen molar-refractivity contribution in [3.05, 3.63) is 108 Å². The van der Waals surface area contributed by atoms with Gasteiger partial charge in [-0.1, -0.05) is 60.2 Å². The number of anilines is 1. The molecule has 0 saturated carbocycles. The lowest BCUT2D eigenvalue weighted by molar-refractivity contribution is 0.102. The molecule has 32 heavy (non-hydrogen) atoms. The monoisotopic (exact) mass is 419 g/mol. The summed E-state index contributed by atoms with van der Waals surface area (Å²) in [4.78, 5) is 22.1. The van der Waals surface area contributed by atoms with Crippen molar-refractivity contribution in [2.45, 2.75) is 13.5 Å². The average Bonchev–Trinajstić information content (AvgIpc) is 3.32. The molecule has 5 aromatic rings.